The van der Waals surface area contributed by atoms with Crippen LogP contribution in [0.25, 0.3) is 6.08 Å². The van der Waals surface area contributed by atoms with Crippen molar-refractivity contribution in [3.8, 4) is 11.5 Å². The van der Waals surface area contributed by atoms with E-state index in [0.717, 1.165) is 22.6 Å². The fraction of sp³-hybridized carbons (Fsp3) is 0.250. The van der Waals surface area contributed by atoms with E-state index in [4.69, 9.17) is 9.47 Å². The molecule has 0 aromatic heterocycles. The van der Waals surface area contributed by atoms with Crippen LogP contribution in [0.1, 0.15) is 18.1 Å². The van der Waals surface area contributed by atoms with E-state index in [2.05, 4.69) is 5.32 Å². The van der Waals surface area contributed by atoms with Crippen LogP contribution in [0.2, 0.25) is 0 Å². The van der Waals surface area contributed by atoms with Gasteiger partial charge in [-0.2, -0.15) is 0 Å². The molecule has 0 fully saturated rings. The van der Waals surface area contributed by atoms with Crippen molar-refractivity contribution in [3.63, 3.8) is 0 Å². The first-order chi connectivity index (χ1) is 11.6. The Bertz CT molecular complexity index is 692. The number of para-hydroxylation sites is 1. The molecule has 0 aliphatic carbocycles. The van der Waals surface area contributed by atoms with Crippen LogP contribution in [-0.4, -0.2) is 25.7 Å². The molecule has 0 radical (unpaired) electrons. The first-order valence-corrected chi connectivity index (χ1v) is 7.89. The van der Waals surface area contributed by atoms with Crippen LogP contribution in [0.5, 0.6) is 11.5 Å². The van der Waals surface area contributed by atoms with Crippen LogP contribution in [0.15, 0.2) is 54.6 Å². The molecule has 1 N–H and O–H groups in total. The summed E-state index contributed by atoms with van der Waals surface area (Å²) in [6.07, 6.45) is 3.29. The quantitative estimate of drug-likeness (QED) is 0.791. The molecule has 0 saturated carbocycles. The smallest absolute Gasteiger partial charge is 0.244 e. The number of benzene rings is 2. The number of carbonyl (C=O) groups is 1. The van der Waals surface area contributed by atoms with Crippen LogP contribution >= 0.6 is 0 Å². The predicted octanol–water partition coefficient (Wildman–Crippen LogP) is 3.60. The van der Waals surface area contributed by atoms with Crippen molar-refractivity contribution in [2.24, 2.45) is 0 Å². The van der Waals surface area contributed by atoms with Crippen LogP contribution in [0.4, 0.5) is 0 Å². The van der Waals surface area contributed by atoms with Gasteiger partial charge < -0.3 is 14.8 Å². The third kappa shape index (κ3) is 5.47. The molecule has 0 saturated heterocycles. The summed E-state index contributed by atoms with van der Waals surface area (Å²) >= 11 is 0. The average Bonchev–Trinajstić information content (AvgIpc) is 2.59. The summed E-state index contributed by atoms with van der Waals surface area (Å²) in [6, 6.07) is 15.2. The molecule has 2 rings (SSSR count). The van der Waals surface area contributed by atoms with Crippen LogP contribution in [-0.2, 0) is 4.79 Å². The lowest BCUT2D eigenvalue weighted by Gasteiger charge is -2.15. The monoisotopic (exact) mass is 325 g/mol. The van der Waals surface area contributed by atoms with Crippen molar-refractivity contribution in [3.05, 3.63) is 65.7 Å². The molecule has 1 atom stereocenters. The second kappa shape index (κ2) is 8.77. The number of amides is 1. The Balaban J connectivity index is 1.80. The van der Waals surface area contributed by atoms with Crippen molar-refractivity contribution in [2.45, 2.75) is 19.9 Å². The van der Waals surface area contributed by atoms with E-state index >= 15 is 0 Å². The SMILES string of the molecule is COc1ccc(/C=C/C(=O)NC(C)COc2ccccc2C)cc1. The van der Waals surface area contributed by atoms with E-state index in [-0.39, 0.29) is 11.9 Å². The first-order valence-electron chi connectivity index (χ1n) is 7.89. The number of hydrogen-bond donors (Lipinski definition) is 1. The third-order valence-corrected chi connectivity index (χ3v) is 3.51. The highest BCUT2D eigenvalue weighted by Gasteiger charge is 2.06. The topological polar surface area (TPSA) is 47.6 Å². The van der Waals surface area contributed by atoms with E-state index in [0.29, 0.717) is 6.61 Å². The van der Waals surface area contributed by atoms with Gasteiger partial charge in [-0.05, 0) is 49.2 Å². The number of nitrogens with one attached hydrogen (secondary N) is 1. The lowest BCUT2D eigenvalue weighted by molar-refractivity contribution is -0.117. The number of carbonyl (C=O) groups excluding carboxylic acids is 1. The lowest BCUT2D eigenvalue weighted by atomic mass is 10.2. The molecule has 4 heteroatoms. The van der Waals surface area contributed by atoms with Crippen LogP contribution < -0.4 is 14.8 Å². The maximum Gasteiger partial charge on any atom is 0.244 e. The Hall–Kier alpha value is -2.75. The summed E-state index contributed by atoms with van der Waals surface area (Å²) < 4.78 is 10.8. The summed E-state index contributed by atoms with van der Waals surface area (Å²) in [4.78, 5) is 12.0. The highest BCUT2D eigenvalue weighted by Crippen LogP contribution is 2.16. The van der Waals surface area contributed by atoms with Crippen molar-refractivity contribution >= 4 is 12.0 Å². The average molecular weight is 325 g/mol. The van der Waals surface area contributed by atoms with Gasteiger partial charge in [-0.1, -0.05) is 30.3 Å². The standard InChI is InChI=1S/C20H23NO3/c1-15-6-4-5-7-19(15)24-14-16(2)21-20(22)13-10-17-8-11-18(23-3)12-9-17/h4-13,16H,14H2,1-3H3,(H,21,22)/b13-10+. The molecular formula is C20H23NO3. The third-order valence-electron chi connectivity index (χ3n) is 3.51. The molecule has 0 aliphatic heterocycles. The van der Waals surface area contributed by atoms with Gasteiger partial charge in [0.25, 0.3) is 0 Å². The van der Waals surface area contributed by atoms with Gasteiger partial charge in [-0.25, -0.2) is 0 Å². The Labute approximate surface area is 143 Å². The van der Waals surface area contributed by atoms with E-state index in [9.17, 15) is 4.79 Å². The molecule has 24 heavy (non-hydrogen) atoms. The molecule has 0 heterocycles. The molecule has 0 spiro atoms. The van der Waals surface area contributed by atoms with Gasteiger partial charge in [0, 0.05) is 6.08 Å². The van der Waals surface area contributed by atoms with Gasteiger partial charge in [-0.3, -0.25) is 4.79 Å². The van der Waals surface area contributed by atoms with E-state index in [1.807, 2.05) is 62.4 Å². The summed E-state index contributed by atoms with van der Waals surface area (Å²) in [6.45, 7) is 4.33. The molecule has 1 amide bonds. The normalized spacial score (nSPS) is 12.0. The highest BCUT2D eigenvalue weighted by molar-refractivity contribution is 5.91. The van der Waals surface area contributed by atoms with E-state index in [1.54, 1.807) is 13.2 Å². The zero-order valence-electron chi connectivity index (χ0n) is 14.3. The van der Waals surface area contributed by atoms with E-state index < -0.39 is 0 Å². The fourth-order valence-corrected chi connectivity index (χ4v) is 2.15. The van der Waals surface area contributed by atoms with Crippen molar-refractivity contribution < 1.29 is 14.3 Å². The molecular weight excluding hydrogens is 302 g/mol. The minimum Gasteiger partial charge on any atom is -0.497 e. The van der Waals surface area contributed by atoms with Gasteiger partial charge in [0.05, 0.1) is 13.2 Å². The van der Waals surface area contributed by atoms with Gasteiger partial charge in [0.2, 0.25) is 5.91 Å². The molecule has 2 aromatic rings. The molecule has 0 aliphatic rings. The van der Waals surface area contributed by atoms with Crippen LogP contribution in [0, 0.1) is 6.92 Å². The first kappa shape index (κ1) is 17.6. The fourth-order valence-electron chi connectivity index (χ4n) is 2.15. The van der Waals surface area contributed by atoms with Gasteiger partial charge >= 0.3 is 0 Å². The summed E-state index contributed by atoms with van der Waals surface area (Å²) in [5.41, 5.74) is 2.02. The number of hydrogen-bond acceptors (Lipinski definition) is 3. The molecule has 1 unspecified atom stereocenters. The second-order valence-corrected chi connectivity index (χ2v) is 5.59. The Kier molecular flexibility index (Phi) is 6.43. The second-order valence-electron chi connectivity index (χ2n) is 5.59. The maximum absolute atomic E-state index is 12.0. The van der Waals surface area contributed by atoms with Crippen molar-refractivity contribution in [1.29, 1.82) is 0 Å². The number of rotatable bonds is 7. The van der Waals surface area contributed by atoms with Gasteiger partial charge in [0.15, 0.2) is 0 Å². The van der Waals surface area contributed by atoms with Crippen molar-refractivity contribution in [1.82, 2.24) is 5.32 Å². The zero-order chi connectivity index (χ0) is 17.4. The number of ether oxygens (including phenoxy) is 2. The minimum atomic E-state index is -0.147. The summed E-state index contributed by atoms with van der Waals surface area (Å²) in [5, 5.41) is 2.89. The molecule has 126 valence electrons. The van der Waals surface area contributed by atoms with E-state index in [1.165, 1.54) is 6.08 Å². The predicted molar refractivity (Wildman–Crippen MR) is 96.3 cm³/mol. The minimum absolute atomic E-state index is 0.0855. The Morgan fingerprint density at radius 1 is 1.17 bits per heavy atom. The number of aryl methyl sites for hydroxylation is 1. The van der Waals surface area contributed by atoms with Crippen LogP contribution in [0.3, 0.4) is 0 Å². The summed E-state index contributed by atoms with van der Waals surface area (Å²) in [7, 11) is 1.62. The molecule has 4 nitrogen and oxygen atoms in total. The van der Waals surface area contributed by atoms with Gasteiger partial charge in [-0.15, -0.1) is 0 Å². The lowest BCUT2D eigenvalue weighted by Crippen LogP contribution is -2.35. The largest absolute Gasteiger partial charge is 0.497 e. The zero-order valence-corrected chi connectivity index (χ0v) is 14.3. The van der Waals surface area contributed by atoms with Crippen molar-refractivity contribution in [2.75, 3.05) is 13.7 Å². The molecule has 2 aromatic carbocycles. The highest BCUT2D eigenvalue weighted by atomic mass is 16.5. The summed E-state index contributed by atoms with van der Waals surface area (Å²) in [5.74, 6) is 1.48. The molecule has 0 bridgehead atoms. The maximum atomic E-state index is 12.0. The Morgan fingerprint density at radius 3 is 2.54 bits per heavy atom. The van der Waals surface area contributed by atoms with Gasteiger partial charge in [0.1, 0.15) is 18.1 Å². The Morgan fingerprint density at radius 2 is 1.88 bits per heavy atom. The number of methoxy groups -OCH3 is 1.